The summed E-state index contributed by atoms with van der Waals surface area (Å²) in [7, 11) is 0. The number of benzene rings is 20. The number of hydrogen-bond acceptors (Lipinski definition) is 10. The SMILES string of the molecule is c1ccc(-c2ccc3c(c2)c2cc(-c4ccc5c(c4)c4cc(-c6ccccc6)ccc4n5-c4nc(-c5ccccc5)cc(-c5ccccc5)n4)ccc2n3-c2nc(-c3ccccc3)cc(-c3ccccc3)n2)cc1.c1ccc(-c2ccc3c(c2)c2cc(-c4ccc5c(c4)c4cc(-c6ccccc6)ccc4n5-c4nc(-c5ccccc5)nc(-c5ccccc5)n4)ccc2n3-c2nc(-c3ccccc3)nc(-c3ccccc3)n2)cc1. The van der Waals surface area contributed by atoms with E-state index >= 15 is 0 Å². The fourth-order valence-electron chi connectivity index (χ4n) is 20.8. The number of hydrogen-bond donors (Lipinski definition) is 0. The standard InChI is InChI=1S/C68H44N6.C66H42N8/c1-7-19-45(20-8-1)51-31-35-63-55(39-51)57-41-53(33-37-65(57)73(63)67-69-59(47-23-11-3-12-24-47)43-60(70-67)48-25-13-4-14-26-48)54-34-38-66-58(42-54)56-40-52(46-21-9-2-10-22-46)32-36-64(56)74(66)68-71-61(49-27-15-5-16-28-49)44-62(72-68)50-29-17-6-18-30-50;1-7-19-43(20-8-1)49-31-35-57-53(39-49)55-41-51(33-37-59(55)73(57)65-69-61(45-23-11-3-12-24-45)67-62(70-65)46-25-13-4-14-26-46)52-34-38-60-56(42-52)54-40-50(44-21-9-2-10-22-44)32-36-58(54)74(60)66-71-63(47-27-15-5-16-28-47)68-64(72-66)48-29-17-6-18-30-48/h1-44H;1-42H. The van der Waals surface area contributed by atoms with Crippen molar-refractivity contribution in [2.75, 3.05) is 0 Å². The van der Waals surface area contributed by atoms with Crippen molar-refractivity contribution in [2.45, 2.75) is 0 Å². The van der Waals surface area contributed by atoms with Gasteiger partial charge in [0.25, 0.3) is 0 Å². The fourth-order valence-corrected chi connectivity index (χ4v) is 20.8. The molecular weight excluding hydrogens is 1810 g/mol. The molecule has 0 aliphatic rings. The minimum absolute atomic E-state index is 0.547. The smallest absolute Gasteiger partial charge is 0.238 e. The average molecular weight is 1890 g/mol. The van der Waals surface area contributed by atoms with Crippen LogP contribution in [0.2, 0.25) is 0 Å². The minimum Gasteiger partial charge on any atom is -0.278 e. The Bertz CT molecular complexity index is 8540. The highest BCUT2D eigenvalue weighted by molar-refractivity contribution is 6.16. The fraction of sp³-hybridized carbons (Fsp3) is 0. The average Bonchev–Trinajstić information content (AvgIpc) is 1.58. The third-order valence-corrected chi connectivity index (χ3v) is 28.0. The zero-order valence-electron chi connectivity index (χ0n) is 79.9. The summed E-state index contributed by atoms with van der Waals surface area (Å²) in [5.41, 5.74) is 32.8. The van der Waals surface area contributed by atoms with E-state index < -0.39 is 0 Å². The van der Waals surface area contributed by atoms with Crippen LogP contribution >= 0.6 is 0 Å². The van der Waals surface area contributed by atoms with Gasteiger partial charge in [-0.2, -0.15) is 19.9 Å². The van der Waals surface area contributed by atoms with Crippen molar-refractivity contribution in [2.24, 2.45) is 0 Å². The summed E-state index contributed by atoms with van der Waals surface area (Å²) in [5.74, 6) is 4.75. The first-order chi connectivity index (χ1) is 73.3. The van der Waals surface area contributed by atoms with E-state index in [2.05, 4.69) is 394 Å². The van der Waals surface area contributed by atoms with Crippen LogP contribution in [0.3, 0.4) is 0 Å². The first kappa shape index (κ1) is 86.8. The topological polar surface area (TPSA) is 149 Å². The predicted octanol–water partition coefficient (Wildman–Crippen LogP) is 33.0. The van der Waals surface area contributed by atoms with Gasteiger partial charge < -0.3 is 0 Å². The Labute approximate surface area is 852 Å². The Hall–Kier alpha value is -20.2. The maximum absolute atomic E-state index is 5.34. The molecule has 0 atom stereocenters. The van der Waals surface area contributed by atoms with Crippen molar-refractivity contribution in [1.29, 1.82) is 0 Å². The molecule has 20 aromatic carbocycles. The molecule has 8 aromatic heterocycles. The molecule has 8 heterocycles. The van der Waals surface area contributed by atoms with Crippen LogP contribution in [0.25, 0.3) is 268 Å². The molecule has 0 N–H and O–H groups in total. The van der Waals surface area contributed by atoms with Gasteiger partial charge in [-0.05, 0) is 176 Å². The summed E-state index contributed by atoms with van der Waals surface area (Å²) in [4.78, 5) is 52.3. The zero-order valence-corrected chi connectivity index (χ0v) is 79.9. The Morgan fingerprint density at radius 3 is 0.399 bits per heavy atom. The minimum atomic E-state index is 0.547. The summed E-state index contributed by atoms with van der Waals surface area (Å²) >= 11 is 0. The molecule has 0 bridgehead atoms. The van der Waals surface area contributed by atoms with Crippen LogP contribution in [0.5, 0.6) is 0 Å². The summed E-state index contributed by atoms with van der Waals surface area (Å²) in [6.07, 6.45) is 0. The Morgan fingerprint density at radius 2 is 0.236 bits per heavy atom. The molecule has 14 heteroatoms. The van der Waals surface area contributed by atoms with Gasteiger partial charge in [-0.1, -0.05) is 413 Å². The van der Waals surface area contributed by atoms with Gasteiger partial charge in [-0.25, -0.2) is 29.9 Å². The van der Waals surface area contributed by atoms with E-state index in [4.69, 9.17) is 49.8 Å². The monoisotopic (exact) mass is 1890 g/mol. The molecule has 0 unspecified atom stereocenters. The summed E-state index contributed by atoms with van der Waals surface area (Å²) < 4.78 is 8.84. The lowest BCUT2D eigenvalue weighted by molar-refractivity contribution is 0.953. The second kappa shape index (κ2) is 37.3. The van der Waals surface area contributed by atoms with E-state index in [-0.39, 0.29) is 0 Å². The molecule has 0 saturated heterocycles. The van der Waals surface area contributed by atoms with Crippen LogP contribution in [0.15, 0.2) is 522 Å². The van der Waals surface area contributed by atoms with Crippen LogP contribution < -0.4 is 0 Å². The van der Waals surface area contributed by atoms with E-state index in [0.29, 0.717) is 47.1 Å². The predicted molar refractivity (Wildman–Crippen MR) is 604 cm³/mol. The summed E-state index contributed by atoms with van der Waals surface area (Å²) in [5, 5.41) is 8.81. The van der Waals surface area contributed by atoms with Gasteiger partial charge in [-0.15, -0.1) is 0 Å². The second-order valence-corrected chi connectivity index (χ2v) is 37.0. The molecule has 0 spiro atoms. The Morgan fingerprint density at radius 1 is 0.101 bits per heavy atom. The van der Waals surface area contributed by atoms with Gasteiger partial charge in [0.1, 0.15) is 0 Å². The highest BCUT2D eigenvalue weighted by atomic mass is 15.2. The molecule has 0 amide bonds. The van der Waals surface area contributed by atoms with Crippen molar-refractivity contribution in [3.63, 3.8) is 0 Å². The normalized spacial score (nSPS) is 11.5. The van der Waals surface area contributed by atoms with Crippen molar-refractivity contribution in [1.82, 2.24) is 68.1 Å². The first-order valence-corrected chi connectivity index (χ1v) is 49.6. The lowest BCUT2D eigenvalue weighted by Gasteiger charge is -2.12. The zero-order chi connectivity index (χ0) is 97.9. The third-order valence-electron chi connectivity index (χ3n) is 28.0. The van der Waals surface area contributed by atoms with Crippen LogP contribution in [-0.2, 0) is 0 Å². The molecule has 692 valence electrons. The highest BCUT2D eigenvalue weighted by Gasteiger charge is 2.27. The van der Waals surface area contributed by atoms with Gasteiger partial charge in [0.2, 0.25) is 23.8 Å². The maximum atomic E-state index is 5.34. The van der Waals surface area contributed by atoms with E-state index in [1.165, 1.54) is 0 Å². The molecule has 0 aliphatic carbocycles. The Kier molecular flexibility index (Phi) is 21.9. The molecule has 0 fully saturated rings. The van der Waals surface area contributed by atoms with Crippen molar-refractivity contribution in [3.05, 3.63) is 522 Å². The van der Waals surface area contributed by atoms with E-state index in [1.807, 2.05) is 146 Å². The van der Waals surface area contributed by atoms with Crippen LogP contribution in [-0.4, -0.2) is 68.1 Å². The molecule has 0 saturated carbocycles. The maximum Gasteiger partial charge on any atom is 0.238 e. The molecule has 148 heavy (non-hydrogen) atoms. The lowest BCUT2D eigenvalue weighted by atomic mass is 9.98. The van der Waals surface area contributed by atoms with Crippen LogP contribution in [0, 0.1) is 0 Å². The van der Waals surface area contributed by atoms with Crippen molar-refractivity contribution >= 4 is 87.2 Å². The van der Waals surface area contributed by atoms with Gasteiger partial charge in [0.15, 0.2) is 23.3 Å². The third kappa shape index (κ3) is 16.2. The lowest BCUT2D eigenvalue weighted by Crippen LogP contribution is -2.06. The molecule has 0 aliphatic heterocycles. The quantitative estimate of drug-likeness (QED) is 0.0813. The molecule has 14 nitrogen and oxygen atoms in total. The van der Waals surface area contributed by atoms with Crippen molar-refractivity contribution < 1.29 is 0 Å². The van der Waals surface area contributed by atoms with Gasteiger partial charge in [-0.3, -0.25) is 18.3 Å². The number of rotatable bonds is 18. The van der Waals surface area contributed by atoms with Gasteiger partial charge in [0.05, 0.1) is 66.9 Å². The van der Waals surface area contributed by atoms with E-state index in [0.717, 1.165) is 221 Å². The summed E-state index contributed by atoms with van der Waals surface area (Å²) in [6.45, 7) is 0. The second-order valence-electron chi connectivity index (χ2n) is 37.0. The first-order valence-electron chi connectivity index (χ1n) is 49.6. The molecule has 28 rings (SSSR count). The number of nitrogens with zero attached hydrogens (tertiary/aromatic N) is 14. The van der Waals surface area contributed by atoms with E-state index in [1.54, 1.807) is 0 Å². The molecule has 28 aromatic rings. The van der Waals surface area contributed by atoms with Gasteiger partial charge in [0, 0.05) is 87.6 Å². The number of fused-ring (bicyclic) bond motifs is 12. The van der Waals surface area contributed by atoms with Crippen LogP contribution in [0.4, 0.5) is 0 Å². The number of aromatic nitrogens is 14. The van der Waals surface area contributed by atoms with Crippen molar-refractivity contribution in [3.8, 4) is 181 Å². The van der Waals surface area contributed by atoms with Gasteiger partial charge >= 0.3 is 0 Å². The summed E-state index contributed by atoms with van der Waals surface area (Å²) in [6, 6.07) is 183. The van der Waals surface area contributed by atoms with Crippen LogP contribution in [0.1, 0.15) is 0 Å². The molecule has 0 radical (unpaired) electrons. The largest absolute Gasteiger partial charge is 0.278 e. The Balaban J connectivity index is 0.000000146. The van der Waals surface area contributed by atoms with E-state index in [9.17, 15) is 0 Å². The molecular formula is C134H86N14. The highest BCUT2D eigenvalue weighted by Crippen LogP contribution is 2.46.